The van der Waals surface area contributed by atoms with E-state index in [0.717, 1.165) is 11.3 Å². The van der Waals surface area contributed by atoms with Crippen molar-refractivity contribution in [2.75, 3.05) is 7.11 Å². The number of methoxy groups -OCH3 is 1. The van der Waals surface area contributed by atoms with Crippen LogP contribution in [0.2, 0.25) is 0 Å². The summed E-state index contributed by atoms with van der Waals surface area (Å²) in [6.07, 6.45) is 1.79. The van der Waals surface area contributed by atoms with Crippen LogP contribution in [0.3, 0.4) is 0 Å². The Morgan fingerprint density at radius 2 is 2.27 bits per heavy atom. The quantitative estimate of drug-likeness (QED) is 0.600. The third-order valence-corrected chi connectivity index (χ3v) is 1.44. The molecule has 0 saturated heterocycles. The highest BCUT2D eigenvalue weighted by Gasteiger charge is 1.96. The van der Waals surface area contributed by atoms with E-state index in [2.05, 4.69) is 11.6 Å². The molecular formula is C9H11NO. The van der Waals surface area contributed by atoms with Gasteiger partial charge < -0.3 is 4.74 Å². The topological polar surface area (TPSA) is 22.1 Å². The maximum Gasteiger partial charge on any atom is 0.137 e. The number of rotatable bonds is 2. The number of aromatic nitrogens is 1. The minimum Gasteiger partial charge on any atom is -0.495 e. The highest BCUT2D eigenvalue weighted by molar-refractivity contribution is 5.52. The van der Waals surface area contributed by atoms with E-state index in [9.17, 15) is 0 Å². The van der Waals surface area contributed by atoms with Crippen molar-refractivity contribution in [1.29, 1.82) is 0 Å². The monoisotopic (exact) mass is 149 g/mol. The lowest BCUT2D eigenvalue weighted by atomic mass is 10.2. The van der Waals surface area contributed by atoms with Gasteiger partial charge in [0.25, 0.3) is 0 Å². The molecule has 1 heterocycles. The fourth-order valence-corrected chi connectivity index (χ4v) is 0.737. The summed E-state index contributed by atoms with van der Waals surface area (Å²) in [6.45, 7) is 5.68. The maximum absolute atomic E-state index is 4.92. The lowest BCUT2D eigenvalue weighted by Crippen LogP contribution is -1.89. The molecule has 0 fully saturated rings. The van der Waals surface area contributed by atoms with Crippen molar-refractivity contribution in [2.45, 2.75) is 6.92 Å². The second-order valence-electron chi connectivity index (χ2n) is 2.35. The van der Waals surface area contributed by atoms with Gasteiger partial charge in [0, 0.05) is 6.20 Å². The van der Waals surface area contributed by atoms with Gasteiger partial charge in [-0.1, -0.05) is 12.6 Å². The van der Waals surface area contributed by atoms with Crippen LogP contribution in [0, 0.1) is 6.92 Å². The summed E-state index contributed by atoms with van der Waals surface area (Å²) in [5, 5.41) is 0. The van der Waals surface area contributed by atoms with Gasteiger partial charge in [0.05, 0.1) is 7.11 Å². The summed E-state index contributed by atoms with van der Waals surface area (Å²) in [5.74, 6) is 0.602. The zero-order valence-electron chi connectivity index (χ0n) is 6.79. The Labute approximate surface area is 66.5 Å². The molecule has 2 nitrogen and oxygen atoms in total. The predicted octanol–water partition coefficient (Wildman–Crippen LogP) is 2.01. The van der Waals surface area contributed by atoms with E-state index in [0.29, 0.717) is 5.76 Å². The lowest BCUT2D eigenvalue weighted by molar-refractivity contribution is 0.369. The SMILES string of the molecule is C=C(OC)c1ccc(C)cn1. The van der Waals surface area contributed by atoms with E-state index in [4.69, 9.17) is 4.74 Å². The van der Waals surface area contributed by atoms with Gasteiger partial charge in [-0.15, -0.1) is 0 Å². The van der Waals surface area contributed by atoms with Crippen LogP contribution in [0.25, 0.3) is 5.76 Å². The van der Waals surface area contributed by atoms with Crippen molar-refractivity contribution in [3.8, 4) is 0 Å². The first-order valence-electron chi connectivity index (χ1n) is 3.40. The Morgan fingerprint density at radius 3 is 2.73 bits per heavy atom. The standard InChI is InChI=1S/C9H11NO/c1-7-4-5-9(10-6-7)8(2)11-3/h4-6H,2H2,1,3H3. The number of ether oxygens (including phenoxy) is 1. The Morgan fingerprint density at radius 1 is 1.55 bits per heavy atom. The van der Waals surface area contributed by atoms with Gasteiger partial charge in [0.1, 0.15) is 11.5 Å². The zero-order valence-corrected chi connectivity index (χ0v) is 6.79. The van der Waals surface area contributed by atoms with Crippen molar-refractivity contribution < 1.29 is 4.74 Å². The summed E-state index contributed by atoms with van der Waals surface area (Å²) in [4.78, 5) is 4.12. The van der Waals surface area contributed by atoms with E-state index in [-0.39, 0.29) is 0 Å². The summed E-state index contributed by atoms with van der Waals surface area (Å²) in [6, 6.07) is 3.87. The molecule has 1 rings (SSSR count). The minimum absolute atomic E-state index is 0.602. The third-order valence-electron chi connectivity index (χ3n) is 1.44. The van der Waals surface area contributed by atoms with E-state index < -0.39 is 0 Å². The van der Waals surface area contributed by atoms with Crippen molar-refractivity contribution >= 4 is 5.76 Å². The highest BCUT2D eigenvalue weighted by Crippen LogP contribution is 2.09. The van der Waals surface area contributed by atoms with Crippen molar-refractivity contribution in [2.24, 2.45) is 0 Å². The molecule has 11 heavy (non-hydrogen) atoms. The van der Waals surface area contributed by atoms with Gasteiger partial charge >= 0.3 is 0 Å². The van der Waals surface area contributed by atoms with Gasteiger partial charge in [-0.25, -0.2) is 0 Å². The fourth-order valence-electron chi connectivity index (χ4n) is 0.737. The van der Waals surface area contributed by atoms with Crippen LogP contribution in [0.1, 0.15) is 11.3 Å². The summed E-state index contributed by atoms with van der Waals surface area (Å²) >= 11 is 0. The Bertz CT molecular complexity index is 251. The van der Waals surface area contributed by atoms with Gasteiger partial charge in [-0.2, -0.15) is 0 Å². The molecule has 0 spiro atoms. The van der Waals surface area contributed by atoms with Gasteiger partial charge in [0.2, 0.25) is 0 Å². The van der Waals surface area contributed by atoms with Crippen LogP contribution in [-0.4, -0.2) is 12.1 Å². The molecule has 0 aliphatic heterocycles. The molecular weight excluding hydrogens is 138 g/mol. The fraction of sp³-hybridized carbons (Fsp3) is 0.222. The first-order chi connectivity index (χ1) is 5.24. The predicted molar refractivity (Wildman–Crippen MR) is 45.0 cm³/mol. The average molecular weight is 149 g/mol. The first-order valence-corrected chi connectivity index (χ1v) is 3.40. The smallest absolute Gasteiger partial charge is 0.137 e. The molecule has 0 saturated carbocycles. The molecule has 0 radical (unpaired) electrons. The van der Waals surface area contributed by atoms with E-state index in [1.165, 1.54) is 0 Å². The van der Waals surface area contributed by atoms with Crippen LogP contribution in [0.15, 0.2) is 24.9 Å². The van der Waals surface area contributed by atoms with Crippen LogP contribution >= 0.6 is 0 Å². The van der Waals surface area contributed by atoms with E-state index in [1.54, 1.807) is 13.3 Å². The van der Waals surface area contributed by atoms with Crippen LogP contribution in [0.4, 0.5) is 0 Å². The van der Waals surface area contributed by atoms with Crippen molar-refractivity contribution in [3.05, 3.63) is 36.2 Å². The highest BCUT2D eigenvalue weighted by atomic mass is 16.5. The summed E-state index contributed by atoms with van der Waals surface area (Å²) < 4.78 is 4.92. The Balaban J connectivity index is 2.90. The molecule has 1 aromatic rings. The maximum atomic E-state index is 4.92. The molecule has 0 bridgehead atoms. The second-order valence-corrected chi connectivity index (χ2v) is 2.35. The average Bonchev–Trinajstić information content (AvgIpc) is 2.05. The van der Waals surface area contributed by atoms with Crippen LogP contribution in [-0.2, 0) is 4.74 Å². The first kappa shape index (κ1) is 7.79. The second kappa shape index (κ2) is 3.19. The van der Waals surface area contributed by atoms with E-state index in [1.807, 2.05) is 19.1 Å². The van der Waals surface area contributed by atoms with Gasteiger partial charge in [-0.3, -0.25) is 4.98 Å². The van der Waals surface area contributed by atoms with Crippen molar-refractivity contribution in [3.63, 3.8) is 0 Å². The van der Waals surface area contributed by atoms with Crippen LogP contribution in [0.5, 0.6) is 0 Å². The third kappa shape index (κ3) is 1.80. The largest absolute Gasteiger partial charge is 0.495 e. The number of hydrogen-bond acceptors (Lipinski definition) is 2. The molecule has 58 valence electrons. The van der Waals surface area contributed by atoms with E-state index >= 15 is 0 Å². The molecule has 0 atom stereocenters. The number of aryl methyl sites for hydroxylation is 1. The summed E-state index contributed by atoms with van der Waals surface area (Å²) in [5.41, 5.74) is 1.93. The molecule has 0 N–H and O–H groups in total. The molecule has 0 unspecified atom stereocenters. The van der Waals surface area contributed by atoms with Gasteiger partial charge in [-0.05, 0) is 18.6 Å². The molecule has 0 amide bonds. The number of nitrogens with zero attached hydrogens (tertiary/aromatic N) is 1. The lowest BCUT2D eigenvalue weighted by Gasteiger charge is -2.02. The molecule has 0 aliphatic carbocycles. The normalized spacial score (nSPS) is 9.27. The summed E-state index contributed by atoms with van der Waals surface area (Å²) in [7, 11) is 1.59. The zero-order chi connectivity index (χ0) is 8.27. The Kier molecular flexibility index (Phi) is 2.26. The molecule has 2 heteroatoms. The van der Waals surface area contributed by atoms with Gasteiger partial charge in [0.15, 0.2) is 0 Å². The Hall–Kier alpha value is -1.31. The number of hydrogen-bond donors (Lipinski definition) is 0. The number of pyridine rings is 1. The molecule has 0 aromatic carbocycles. The molecule has 1 aromatic heterocycles. The molecule has 0 aliphatic rings. The minimum atomic E-state index is 0.602. The van der Waals surface area contributed by atoms with Crippen molar-refractivity contribution in [1.82, 2.24) is 4.98 Å². The van der Waals surface area contributed by atoms with Crippen LogP contribution < -0.4 is 0 Å².